The van der Waals surface area contributed by atoms with Crippen LogP contribution in [0.4, 0.5) is 5.82 Å². The molecule has 0 aliphatic carbocycles. The number of fused-ring (bicyclic) bond motifs is 1. The quantitative estimate of drug-likeness (QED) is 0.628. The van der Waals surface area contributed by atoms with Crippen molar-refractivity contribution in [3.05, 3.63) is 39.8 Å². The summed E-state index contributed by atoms with van der Waals surface area (Å²) in [5.41, 5.74) is 1.89. The normalized spacial score (nSPS) is 11.8. The van der Waals surface area contributed by atoms with E-state index < -0.39 is 0 Å². The van der Waals surface area contributed by atoms with E-state index in [-0.39, 0.29) is 17.6 Å². The summed E-state index contributed by atoms with van der Waals surface area (Å²) in [5.74, 6) is 0.629. The maximum Gasteiger partial charge on any atom is 0.269 e. The van der Waals surface area contributed by atoms with Crippen LogP contribution >= 0.6 is 0 Å². The third-order valence-electron chi connectivity index (χ3n) is 3.63. The van der Waals surface area contributed by atoms with Crippen LogP contribution < -0.4 is 10.5 Å². The molecule has 0 aromatic carbocycles. The molecule has 0 saturated heterocycles. The predicted octanol–water partition coefficient (Wildman–Crippen LogP) is 2.61. The fourth-order valence-corrected chi connectivity index (χ4v) is 2.75. The maximum atomic E-state index is 12.9. The molecule has 6 heteroatoms. The zero-order valence-electron chi connectivity index (χ0n) is 14.6. The van der Waals surface area contributed by atoms with Gasteiger partial charge >= 0.3 is 0 Å². The Morgan fingerprint density at radius 1 is 1.26 bits per heavy atom. The number of nitrogens with zero attached hydrogens (tertiary/aromatic N) is 4. The number of rotatable bonds is 5. The molecule has 6 nitrogen and oxygen atoms in total. The molecule has 2 aromatic heterocycles. The van der Waals surface area contributed by atoms with Gasteiger partial charge in [0.2, 0.25) is 0 Å². The summed E-state index contributed by atoms with van der Waals surface area (Å²) in [6.07, 6.45) is 3.23. The highest BCUT2D eigenvalue weighted by Crippen LogP contribution is 2.20. The van der Waals surface area contributed by atoms with E-state index in [1.807, 2.05) is 19.1 Å². The minimum atomic E-state index is -0.152. The van der Waals surface area contributed by atoms with Crippen molar-refractivity contribution in [2.75, 3.05) is 12.0 Å². The number of hydrogen-bond donors (Lipinski definition) is 0. The van der Waals surface area contributed by atoms with Gasteiger partial charge in [0.25, 0.3) is 5.56 Å². The van der Waals surface area contributed by atoms with Gasteiger partial charge in [-0.2, -0.15) is 0 Å². The summed E-state index contributed by atoms with van der Waals surface area (Å²) in [4.78, 5) is 24.5. The second-order valence-electron chi connectivity index (χ2n) is 6.10. The van der Waals surface area contributed by atoms with Gasteiger partial charge in [0, 0.05) is 18.3 Å². The van der Waals surface area contributed by atoms with Crippen molar-refractivity contribution >= 4 is 17.7 Å². The number of pyridine rings is 1. The van der Waals surface area contributed by atoms with Crippen LogP contribution in [0.1, 0.15) is 38.8 Å². The van der Waals surface area contributed by atoms with E-state index in [1.165, 1.54) is 13.3 Å². The fourth-order valence-electron chi connectivity index (χ4n) is 2.75. The summed E-state index contributed by atoms with van der Waals surface area (Å²) in [7, 11) is 1.45. The first-order valence-electron chi connectivity index (χ1n) is 7.74. The molecule has 0 N–H and O–H groups in total. The molecule has 23 heavy (non-hydrogen) atoms. The Kier molecular flexibility index (Phi) is 5.03. The van der Waals surface area contributed by atoms with Crippen LogP contribution in [0.25, 0.3) is 5.65 Å². The average Bonchev–Trinajstić information content (AvgIpc) is 2.47. The molecule has 124 valence electrons. The van der Waals surface area contributed by atoms with E-state index >= 15 is 0 Å². The Hall–Kier alpha value is -2.37. The first-order chi connectivity index (χ1) is 10.9. The smallest absolute Gasteiger partial charge is 0.269 e. The lowest BCUT2D eigenvalue weighted by Crippen LogP contribution is -2.40. The number of hydrogen-bond acceptors (Lipinski definition) is 5. The van der Waals surface area contributed by atoms with E-state index in [1.54, 1.807) is 10.6 Å². The Morgan fingerprint density at radius 2 is 1.91 bits per heavy atom. The molecule has 0 unspecified atom stereocenters. The molecular weight excluding hydrogens is 292 g/mol. The van der Waals surface area contributed by atoms with Gasteiger partial charge in [-0.3, -0.25) is 9.20 Å². The Morgan fingerprint density at radius 3 is 2.48 bits per heavy atom. The topological polar surface area (TPSA) is 59.2 Å². The van der Waals surface area contributed by atoms with Gasteiger partial charge in [-0.1, -0.05) is 11.2 Å². The Labute approximate surface area is 136 Å². The van der Waals surface area contributed by atoms with Crippen molar-refractivity contribution in [2.45, 2.75) is 46.7 Å². The Bertz CT molecular complexity index is 770. The van der Waals surface area contributed by atoms with Gasteiger partial charge in [-0.05, 0) is 46.2 Å². The molecule has 0 saturated carbocycles. The first kappa shape index (κ1) is 17.0. The van der Waals surface area contributed by atoms with Gasteiger partial charge in [-0.25, -0.2) is 4.98 Å². The van der Waals surface area contributed by atoms with Crippen molar-refractivity contribution in [1.82, 2.24) is 9.38 Å². The summed E-state index contributed by atoms with van der Waals surface area (Å²) in [6.45, 7) is 10.3. The minimum Gasteiger partial charge on any atom is -0.399 e. The summed E-state index contributed by atoms with van der Waals surface area (Å²) < 4.78 is 1.55. The van der Waals surface area contributed by atoms with Gasteiger partial charge in [0.1, 0.15) is 24.1 Å². The lowest BCUT2D eigenvalue weighted by molar-refractivity contribution is 0.215. The van der Waals surface area contributed by atoms with Crippen LogP contribution in [-0.2, 0) is 4.84 Å². The van der Waals surface area contributed by atoms with Crippen LogP contribution in [0.2, 0.25) is 0 Å². The van der Waals surface area contributed by atoms with E-state index in [9.17, 15) is 4.79 Å². The molecular formula is C17H24N4O2. The standard InChI is InChI=1S/C17H24N4O2/c1-11(2)21(12(3)4)16-14(9-18-23-6)17(22)20-10-13(5)7-8-15(20)19-16/h7-12H,1-6H3/b18-9+. The molecule has 2 aromatic rings. The van der Waals surface area contributed by atoms with Crippen molar-refractivity contribution < 1.29 is 4.84 Å². The average molecular weight is 316 g/mol. The zero-order chi connectivity index (χ0) is 17.1. The first-order valence-corrected chi connectivity index (χ1v) is 7.74. The second kappa shape index (κ2) is 6.81. The lowest BCUT2D eigenvalue weighted by atomic mass is 10.2. The molecule has 0 radical (unpaired) electrons. The van der Waals surface area contributed by atoms with Crippen LogP contribution in [0.5, 0.6) is 0 Å². The molecule has 0 aliphatic rings. The largest absolute Gasteiger partial charge is 0.399 e. The monoisotopic (exact) mass is 316 g/mol. The number of anilines is 1. The number of aryl methyl sites for hydroxylation is 1. The van der Waals surface area contributed by atoms with Gasteiger partial charge in [0.15, 0.2) is 0 Å². The SMILES string of the molecule is CO/N=C/c1c(N(C(C)C)C(C)C)nc2ccc(C)cn2c1=O. The molecule has 0 amide bonds. The van der Waals surface area contributed by atoms with E-state index in [2.05, 4.69) is 37.8 Å². The van der Waals surface area contributed by atoms with Crippen LogP contribution in [0.15, 0.2) is 28.3 Å². The van der Waals surface area contributed by atoms with Crippen molar-refractivity contribution in [2.24, 2.45) is 5.16 Å². The molecule has 0 fully saturated rings. The summed E-state index contributed by atoms with van der Waals surface area (Å²) in [6, 6.07) is 4.20. The second-order valence-corrected chi connectivity index (χ2v) is 6.10. The highest BCUT2D eigenvalue weighted by molar-refractivity contribution is 5.86. The predicted molar refractivity (Wildman–Crippen MR) is 93.6 cm³/mol. The third kappa shape index (κ3) is 3.36. The van der Waals surface area contributed by atoms with Gasteiger partial charge < -0.3 is 9.74 Å². The zero-order valence-corrected chi connectivity index (χ0v) is 14.6. The van der Waals surface area contributed by atoms with Crippen molar-refractivity contribution in [1.29, 1.82) is 0 Å². The third-order valence-corrected chi connectivity index (χ3v) is 3.63. The van der Waals surface area contributed by atoms with Crippen molar-refractivity contribution in [3.63, 3.8) is 0 Å². The molecule has 0 atom stereocenters. The van der Waals surface area contributed by atoms with E-state index in [0.717, 1.165) is 5.56 Å². The molecule has 0 bridgehead atoms. The van der Waals surface area contributed by atoms with E-state index in [4.69, 9.17) is 9.82 Å². The highest BCUT2D eigenvalue weighted by Gasteiger charge is 2.22. The molecule has 2 heterocycles. The van der Waals surface area contributed by atoms with E-state index in [0.29, 0.717) is 17.0 Å². The summed E-state index contributed by atoms with van der Waals surface area (Å²) in [5, 5.41) is 3.79. The highest BCUT2D eigenvalue weighted by atomic mass is 16.6. The number of aromatic nitrogens is 2. The van der Waals surface area contributed by atoms with Crippen LogP contribution in [0, 0.1) is 6.92 Å². The maximum absolute atomic E-state index is 12.9. The van der Waals surface area contributed by atoms with Crippen LogP contribution in [0.3, 0.4) is 0 Å². The fraction of sp³-hybridized carbons (Fsp3) is 0.471. The molecule has 2 rings (SSSR count). The molecule has 0 aliphatic heterocycles. The summed E-state index contributed by atoms with van der Waals surface area (Å²) >= 11 is 0. The lowest BCUT2D eigenvalue weighted by Gasteiger charge is -2.32. The molecule has 0 spiro atoms. The van der Waals surface area contributed by atoms with Gasteiger partial charge in [-0.15, -0.1) is 0 Å². The van der Waals surface area contributed by atoms with Crippen molar-refractivity contribution in [3.8, 4) is 0 Å². The Balaban J connectivity index is 2.83. The number of oxime groups is 1. The van der Waals surface area contributed by atoms with Crippen LogP contribution in [-0.4, -0.2) is 34.8 Å². The minimum absolute atomic E-state index is 0.152. The van der Waals surface area contributed by atoms with Gasteiger partial charge in [0.05, 0.1) is 6.21 Å².